The summed E-state index contributed by atoms with van der Waals surface area (Å²) in [4.78, 5) is 24.5. The summed E-state index contributed by atoms with van der Waals surface area (Å²) >= 11 is 0. The zero-order valence-corrected chi connectivity index (χ0v) is 12.4. The van der Waals surface area contributed by atoms with Gasteiger partial charge in [0.05, 0.1) is 6.42 Å². The smallest absolute Gasteiger partial charge is 0.305 e. The van der Waals surface area contributed by atoms with E-state index in [4.69, 9.17) is 9.84 Å². The molecule has 0 aliphatic carbocycles. The first-order valence-corrected chi connectivity index (χ1v) is 6.79. The van der Waals surface area contributed by atoms with Gasteiger partial charge in [-0.1, -0.05) is 6.07 Å². The summed E-state index contributed by atoms with van der Waals surface area (Å²) in [5.74, 6) is -1.47. The molecule has 1 amide bonds. The number of carbonyl (C=O) groups excluding carboxylic acids is 1. The van der Waals surface area contributed by atoms with Gasteiger partial charge < -0.3 is 14.7 Å². The molecule has 1 aromatic carbocycles. The number of benzene rings is 1. The van der Waals surface area contributed by atoms with Gasteiger partial charge in [-0.05, 0) is 32.9 Å². The van der Waals surface area contributed by atoms with Crippen LogP contribution in [-0.2, 0) is 9.59 Å². The number of carboxylic acids is 1. The highest BCUT2D eigenvalue weighted by atomic mass is 19.1. The second-order valence-electron chi connectivity index (χ2n) is 4.79. The van der Waals surface area contributed by atoms with Gasteiger partial charge >= 0.3 is 5.97 Å². The van der Waals surface area contributed by atoms with E-state index >= 15 is 0 Å². The Morgan fingerprint density at radius 3 is 2.57 bits per heavy atom. The Bertz CT molecular complexity index is 506. The van der Waals surface area contributed by atoms with Crippen LogP contribution in [0.15, 0.2) is 24.3 Å². The lowest BCUT2D eigenvalue weighted by molar-refractivity contribution is -0.143. The van der Waals surface area contributed by atoms with Crippen LogP contribution in [0.5, 0.6) is 5.75 Å². The van der Waals surface area contributed by atoms with Crippen LogP contribution in [0.2, 0.25) is 0 Å². The Kier molecular flexibility index (Phi) is 6.14. The molecule has 0 radical (unpaired) electrons. The normalized spacial score (nSPS) is 13.3. The second kappa shape index (κ2) is 7.61. The molecule has 0 spiro atoms. The molecule has 1 rings (SSSR count). The lowest BCUT2D eigenvalue weighted by Crippen LogP contribution is -2.46. The molecular weight excluding hydrogens is 277 g/mol. The topological polar surface area (TPSA) is 66.8 Å². The number of nitrogens with zero attached hydrogens (tertiary/aromatic N) is 1. The molecule has 0 bridgehead atoms. The zero-order chi connectivity index (χ0) is 16.0. The first kappa shape index (κ1) is 16.9. The summed E-state index contributed by atoms with van der Waals surface area (Å²) in [5.41, 5.74) is 0. The van der Waals surface area contributed by atoms with E-state index < -0.39 is 23.9 Å². The molecule has 0 aromatic heterocycles. The van der Waals surface area contributed by atoms with Crippen molar-refractivity contribution in [1.29, 1.82) is 0 Å². The van der Waals surface area contributed by atoms with Crippen molar-refractivity contribution in [2.24, 2.45) is 0 Å². The van der Waals surface area contributed by atoms with Crippen LogP contribution < -0.4 is 4.74 Å². The van der Waals surface area contributed by atoms with Crippen LogP contribution >= 0.6 is 0 Å². The van der Waals surface area contributed by atoms with Gasteiger partial charge in [-0.25, -0.2) is 4.39 Å². The molecule has 1 aromatic rings. The standard InChI is InChI=1S/C15H20FNO4/c1-4-17(10(2)8-14(18)19)15(20)11(3)21-13-7-5-6-12(16)9-13/h5-7,9-11H,4,8H2,1-3H3,(H,18,19). The SMILES string of the molecule is CCN(C(=O)C(C)Oc1cccc(F)c1)C(C)CC(=O)O. The van der Waals surface area contributed by atoms with E-state index in [0.29, 0.717) is 6.54 Å². The first-order valence-electron chi connectivity index (χ1n) is 6.79. The maximum atomic E-state index is 13.1. The van der Waals surface area contributed by atoms with E-state index in [1.807, 2.05) is 0 Å². The van der Waals surface area contributed by atoms with E-state index in [9.17, 15) is 14.0 Å². The molecular formula is C15H20FNO4. The zero-order valence-electron chi connectivity index (χ0n) is 12.4. The van der Waals surface area contributed by atoms with Gasteiger partial charge in [-0.15, -0.1) is 0 Å². The molecule has 0 aliphatic rings. The number of ether oxygens (including phenoxy) is 1. The molecule has 2 atom stereocenters. The van der Waals surface area contributed by atoms with Crippen LogP contribution in [0.3, 0.4) is 0 Å². The number of carboxylic acid groups (broad SMARTS) is 1. The highest BCUT2D eigenvalue weighted by molar-refractivity contribution is 5.81. The number of rotatable bonds is 7. The van der Waals surface area contributed by atoms with Gasteiger partial charge in [0.2, 0.25) is 0 Å². The summed E-state index contributed by atoms with van der Waals surface area (Å²) in [6, 6.07) is 5.10. The van der Waals surface area contributed by atoms with Gasteiger partial charge in [0, 0.05) is 18.7 Å². The Morgan fingerprint density at radius 2 is 2.05 bits per heavy atom. The van der Waals surface area contributed by atoms with Gasteiger partial charge in [0.1, 0.15) is 11.6 Å². The summed E-state index contributed by atoms with van der Waals surface area (Å²) in [6.07, 6.45) is -0.949. The number of likely N-dealkylation sites (N-methyl/N-ethyl adjacent to an activating group) is 1. The van der Waals surface area contributed by atoms with Crippen molar-refractivity contribution in [3.05, 3.63) is 30.1 Å². The van der Waals surface area contributed by atoms with Gasteiger partial charge in [0.25, 0.3) is 5.91 Å². The number of hydrogen-bond donors (Lipinski definition) is 1. The molecule has 0 heterocycles. The number of hydrogen-bond acceptors (Lipinski definition) is 3. The quantitative estimate of drug-likeness (QED) is 0.838. The van der Waals surface area contributed by atoms with Crippen molar-refractivity contribution < 1.29 is 23.8 Å². The maximum Gasteiger partial charge on any atom is 0.305 e. The third kappa shape index (κ3) is 5.06. The van der Waals surface area contributed by atoms with Crippen molar-refractivity contribution in [3.63, 3.8) is 0 Å². The Morgan fingerprint density at radius 1 is 1.38 bits per heavy atom. The van der Waals surface area contributed by atoms with E-state index in [1.165, 1.54) is 23.1 Å². The predicted octanol–water partition coefficient (Wildman–Crippen LogP) is 2.30. The molecule has 6 heteroatoms. The molecule has 0 saturated carbocycles. The molecule has 0 aliphatic heterocycles. The van der Waals surface area contributed by atoms with Crippen molar-refractivity contribution in [2.45, 2.75) is 39.3 Å². The van der Waals surface area contributed by atoms with E-state index in [0.717, 1.165) is 0 Å². The van der Waals surface area contributed by atoms with Crippen LogP contribution in [0.25, 0.3) is 0 Å². The van der Waals surface area contributed by atoms with E-state index in [-0.39, 0.29) is 18.1 Å². The van der Waals surface area contributed by atoms with Crippen molar-refractivity contribution in [2.75, 3.05) is 6.54 Å². The molecule has 21 heavy (non-hydrogen) atoms. The van der Waals surface area contributed by atoms with Crippen molar-refractivity contribution in [1.82, 2.24) is 4.90 Å². The molecule has 0 fully saturated rings. The monoisotopic (exact) mass is 297 g/mol. The minimum atomic E-state index is -0.965. The predicted molar refractivity (Wildman–Crippen MR) is 75.6 cm³/mol. The maximum absolute atomic E-state index is 13.1. The minimum Gasteiger partial charge on any atom is -0.481 e. The van der Waals surface area contributed by atoms with Crippen molar-refractivity contribution >= 4 is 11.9 Å². The number of carbonyl (C=O) groups is 2. The summed E-state index contributed by atoms with van der Waals surface area (Å²) in [7, 11) is 0. The number of aliphatic carboxylic acids is 1. The molecule has 5 nitrogen and oxygen atoms in total. The van der Waals surface area contributed by atoms with Gasteiger partial charge in [-0.3, -0.25) is 9.59 Å². The molecule has 116 valence electrons. The summed E-state index contributed by atoms with van der Waals surface area (Å²) < 4.78 is 18.5. The van der Waals surface area contributed by atoms with Crippen LogP contribution in [0.4, 0.5) is 4.39 Å². The lowest BCUT2D eigenvalue weighted by atomic mass is 10.2. The lowest BCUT2D eigenvalue weighted by Gasteiger charge is -2.29. The average molecular weight is 297 g/mol. The van der Waals surface area contributed by atoms with E-state index in [2.05, 4.69) is 0 Å². The van der Waals surface area contributed by atoms with Crippen LogP contribution in [0, 0.1) is 5.82 Å². The largest absolute Gasteiger partial charge is 0.481 e. The van der Waals surface area contributed by atoms with Crippen molar-refractivity contribution in [3.8, 4) is 5.75 Å². The summed E-state index contributed by atoms with van der Waals surface area (Å²) in [6.45, 7) is 5.38. The Balaban J connectivity index is 2.73. The Hall–Kier alpha value is -2.11. The highest BCUT2D eigenvalue weighted by Crippen LogP contribution is 2.16. The minimum absolute atomic E-state index is 0.133. The van der Waals surface area contributed by atoms with Crippen LogP contribution in [-0.4, -0.2) is 40.6 Å². The summed E-state index contributed by atoms with van der Waals surface area (Å²) in [5, 5.41) is 8.80. The number of halogens is 1. The molecule has 1 N–H and O–H groups in total. The highest BCUT2D eigenvalue weighted by Gasteiger charge is 2.26. The molecule has 2 unspecified atom stereocenters. The average Bonchev–Trinajstić information content (AvgIpc) is 2.38. The first-order chi connectivity index (χ1) is 9.85. The van der Waals surface area contributed by atoms with E-state index in [1.54, 1.807) is 26.8 Å². The third-order valence-electron chi connectivity index (χ3n) is 3.08. The number of amides is 1. The van der Waals surface area contributed by atoms with Gasteiger partial charge in [0.15, 0.2) is 6.10 Å². The fraction of sp³-hybridized carbons (Fsp3) is 0.467. The second-order valence-corrected chi connectivity index (χ2v) is 4.79. The van der Waals surface area contributed by atoms with Gasteiger partial charge in [-0.2, -0.15) is 0 Å². The Labute approximate surface area is 123 Å². The molecule has 0 saturated heterocycles. The third-order valence-corrected chi connectivity index (χ3v) is 3.08. The fourth-order valence-corrected chi connectivity index (χ4v) is 2.08. The fourth-order valence-electron chi connectivity index (χ4n) is 2.08. The van der Waals surface area contributed by atoms with Crippen LogP contribution in [0.1, 0.15) is 27.2 Å².